The quantitative estimate of drug-likeness (QED) is 0.667. The van der Waals surface area contributed by atoms with Crippen LogP contribution in [0.2, 0.25) is 0 Å². The number of benzene rings is 2. The van der Waals surface area contributed by atoms with Crippen LogP contribution in [0.4, 0.5) is 13.2 Å². The Morgan fingerprint density at radius 3 is 2.77 bits per heavy atom. The maximum absolute atomic E-state index is 12.9. The largest absolute Gasteiger partial charge is 0.497 e. The summed E-state index contributed by atoms with van der Waals surface area (Å²) in [5.41, 5.74) is 1.57. The lowest BCUT2D eigenvalue weighted by Crippen LogP contribution is -2.45. The van der Waals surface area contributed by atoms with E-state index in [0.717, 1.165) is 17.7 Å². The number of carbonyl (C=O) groups is 1. The number of nitrogens with zero attached hydrogens (tertiary/aromatic N) is 2. The van der Waals surface area contributed by atoms with E-state index >= 15 is 0 Å². The van der Waals surface area contributed by atoms with E-state index in [1.54, 1.807) is 23.9 Å². The molecule has 30 heavy (non-hydrogen) atoms. The van der Waals surface area contributed by atoms with Gasteiger partial charge in [-0.25, -0.2) is 4.68 Å². The normalized spacial score (nSPS) is 16.1. The van der Waals surface area contributed by atoms with Gasteiger partial charge >= 0.3 is 6.18 Å². The van der Waals surface area contributed by atoms with Gasteiger partial charge in [0.25, 0.3) is 5.91 Å². The Balaban J connectivity index is 1.57. The van der Waals surface area contributed by atoms with Crippen LogP contribution < -0.4 is 15.4 Å². The molecular weight excluding hydrogens is 397 g/mol. The van der Waals surface area contributed by atoms with Crippen LogP contribution in [0.15, 0.2) is 54.6 Å². The Morgan fingerprint density at radius 1 is 1.20 bits per heavy atom. The summed E-state index contributed by atoms with van der Waals surface area (Å²) in [5.74, 6) is 0.413. The summed E-state index contributed by atoms with van der Waals surface area (Å²) in [5, 5.41) is 10.5. The van der Waals surface area contributed by atoms with Crippen molar-refractivity contribution in [2.75, 3.05) is 13.7 Å². The molecule has 9 heteroatoms. The van der Waals surface area contributed by atoms with Crippen molar-refractivity contribution in [3.05, 3.63) is 71.4 Å². The molecule has 156 valence electrons. The van der Waals surface area contributed by atoms with Crippen LogP contribution in [0, 0.1) is 0 Å². The first kappa shape index (κ1) is 20.0. The number of amides is 1. The van der Waals surface area contributed by atoms with Crippen LogP contribution in [-0.2, 0) is 12.7 Å². The number of hydrogen-bond acceptors (Lipinski definition) is 4. The molecule has 0 saturated heterocycles. The summed E-state index contributed by atoms with van der Waals surface area (Å²) in [6.07, 6.45) is -4.79. The second kappa shape index (κ2) is 7.83. The molecule has 0 unspecified atom stereocenters. The molecule has 2 aromatic carbocycles. The maximum Gasteiger partial charge on any atom is 0.416 e. The highest BCUT2D eigenvalue weighted by Gasteiger charge is 2.31. The van der Waals surface area contributed by atoms with Crippen molar-refractivity contribution in [2.24, 2.45) is 0 Å². The highest BCUT2D eigenvalue weighted by Crippen LogP contribution is 2.30. The molecule has 1 aliphatic rings. The molecule has 4 rings (SSSR count). The minimum absolute atomic E-state index is 0.193. The summed E-state index contributed by atoms with van der Waals surface area (Å²) in [6.45, 7) is 0.461. The summed E-state index contributed by atoms with van der Waals surface area (Å²) in [6, 6.07) is 14.1. The molecule has 1 atom stereocenters. The molecule has 0 spiro atoms. The van der Waals surface area contributed by atoms with E-state index in [9.17, 15) is 18.0 Å². The number of ether oxygens (including phenoxy) is 1. The zero-order valence-electron chi connectivity index (χ0n) is 16.0. The lowest BCUT2D eigenvalue weighted by Gasteiger charge is -2.26. The van der Waals surface area contributed by atoms with Gasteiger partial charge in [0.15, 0.2) is 0 Å². The van der Waals surface area contributed by atoms with Crippen molar-refractivity contribution in [1.82, 2.24) is 20.4 Å². The van der Waals surface area contributed by atoms with E-state index in [1.165, 1.54) is 6.07 Å². The zero-order chi connectivity index (χ0) is 21.3. The highest BCUT2D eigenvalue weighted by atomic mass is 19.4. The number of hydrogen-bond donors (Lipinski definition) is 2. The monoisotopic (exact) mass is 416 g/mol. The number of rotatable bonds is 5. The standard InChI is InChI=1S/C21H19F3N4O2/c1-30-16-7-3-5-14(9-16)17-10-18-20(29)26-12-19(28(18)27-17)25-11-13-4-2-6-15(8-13)21(22,23)24/h2-10,19,25H,11-12H2,1H3,(H,26,29)/t19-/m1/s1. The minimum atomic E-state index is -4.39. The molecule has 0 bridgehead atoms. The van der Waals surface area contributed by atoms with Crippen molar-refractivity contribution in [3.8, 4) is 17.0 Å². The minimum Gasteiger partial charge on any atom is -0.497 e. The summed E-state index contributed by atoms with van der Waals surface area (Å²) in [7, 11) is 1.57. The first-order valence-corrected chi connectivity index (χ1v) is 9.27. The molecule has 1 amide bonds. The Labute approximate surface area is 170 Å². The molecule has 6 nitrogen and oxygen atoms in total. The first-order valence-electron chi connectivity index (χ1n) is 9.27. The second-order valence-corrected chi connectivity index (χ2v) is 6.90. The predicted octanol–water partition coefficient (Wildman–Crippen LogP) is 3.61. The van der Waals surface area contributed by atoms with Crippen LogP contribution >= 0.6 is 0 Å². The van der Waals surface area contributed by atoms with Crippen LogP contribution in [0.3, 0.4) is 0 Å². The third kappa shape index (κ3) is 4.02. The Kier molecular flexibility index (Phi) is 5.21. The number of halogens is 3. The first-order chi connectivity index (χ1) is 14.3. The van der Waals surface area contributed by atoms with E-state index in [-0.39, 0.29) is 19.0 Å². The SMILES string of the molecule is COc1cccc(-c2cc3n(n2)[C@@H](NCc2cccc(C(F)(F)F)c2)CNC3=O)c1. The van der Waals surface area contributed by atoms with E-state index in [1.807, 2.05) is 24.3 Å². The fourth-order valence-electron chi connectivity index (χ4n) is 3.34. The van der Waals surface area contributed by atoms with Gasteiger partial charge in [-0.05, 0) is 29.8 Å². The van der Waals surface area contributed by atoms with Gasteiger partial charge in [-0.15, -0.1) is 0 Å². The summed E-state index contributed by atoms with van der Waals surface area (Å²) < 4.78 is 45.6. The fraction of sp³-hybridized carbons (Fsp3) is 0.238. The van der Waals surface area contributed by atoms with Crippen LogP contribution in [-0.4, -0.2) is 29.3 Å². The molecule has 2 N–H and O–H groups in total. The van der Waals surface area contributed by atoms with Crippen molar-refractivity contribution in [1.29, 1.82) is 0 Å². The molecular formula is C21H19F3N4O2. The number of carbonyl (C=O) groups excluding carboxylic acids is 1. The average Bonchev–Trinajstić information content (AvgIpc) is 3.20. The lowest BCUT2D eigenvalue weighted by atomic mass is 10.1. The smallest absolute Gasteiger partial charge is 0.416 e. The maximum atomic E-state index is 12.9. The van der Waals surface area contributed by atoms with E-state index in [4.69, 9.17) is 4.74 Å². The molecule has 1 aromatic heterocycles. The van der Waals surface area contributed by atoms with Crippen molar-refractivity contribution >= 4 is 5.91 Å². The van der Waals surface area contributed by atoms with Gasteiger partial charge in [0.1, 0.15) is 17.6 Å². The van der Waals surface area contributed by atoms with Crippen molar-refractivity contribution in [2.45, 2.75) is 18.9 Å². The summed E-state index contributed by atoms with van der Waals surface area (Å²) in [4.78, 5) is 12.3. The van der Waals surface area contributed by atoms with Crippen molar-refractivity contribution < 1.29 is 22.7 Å². The molecule has 0 saturated carbocycles. The topological polar surface area (TPSA) is 68.2 Å². The van der Waals surface area contributed by atoms with Gasteiger partial charge in [0.05, 0.1) is 24.9 Å². The predicted molar refractivity (Wildman–Crippen MR) is 104 cm³/mol. The fourth-order valence-corrected chi connectivity index (χ4v) is 3.34. The van der Waals surface area contributed by atoms with Gasteiger partial charge in [-0.1, -0.05) is 30.3 Å². The number of aromatic nitrogens is 2. The number of alkyl halides is 3. The number of nitrogens with one attached hydrogen (secondary N) is 2. The zero-order valence-corrected chi connectivity index (χ0v) is 16.0. The molecule has 0 fully saturated rings. The highest BCUT2D eigenvalue weighted by molar-refractivity contribution is 5.94. The molecule has 0 radical (unpaired) electrons. The second-order valence-electron chi connectivity index (χ2n) is 6.90. The summed E-state index contributed by atoms with van der Waals surface area (Å²) >= 11 is 0. The lowest BCUT2D eigenvalue weighted by molar-refractivity contribution is -0.137. The molecule has 1 aliphatic heterocycles. The van der Waals surface area contributed by atoms with Gasteiger partial charge < -0.3 is 10.1 Å². The van der Waals surface area contributed by atoms with Gasteiger partial charge in [-0.3, -0.25) is 10.1 Å². The Morgan fingerprint density at radius 2 is 2.00 bits per heavy atom. The Hall–Kier alpha value is -3.33. The van der Waals surface area contributed by atoms with Crippen LogP contribution in [0.1, 0.15) is 27.8 Å². The average molecular weight is 416 g/mol. The van der Waals surface area contributed by atoms with Gasteiger partial charge in [0.2, 0.25) is 0 Å². The molecule has 3 aromatic rings. The van der Waals surface area contributed by atoms with Crippen LogP contribution in [0.5, 0.6) is 5.75 Å². The third-order valence-corrected chi connectivity index (χ3v) is 4.88. The molecule has 2 heterocycles. The number of fused-ring (bicyclic) bond motifs is 1. The molecule has 0 aliphatic carbocycles. The van der Waals surface area contributed by atoms with Crippen LogP contribution in [0.25, 0.3) is 11.3 Å². The van der Waals surface area contributed by atoms with Gasteiger partial charge in [-0.2, -0.15) is 18.3 Å². The third-order valence-electron chi connectivity index (χ3n) is 4.88. The van der Waals surface area contributed by atoms with E-state index in [2.05, 4.69) is 15.7 Å². The number of methoxy groups -OCH3 is 1. The van der Waals surface area contributed by atoms with E-state index < -0.39 is 17.9 Å². The Bertz CT molecular complexity index is 1080. The van der Waals surface area contributed by atoms with E-state index in [0.29, 0.717) is 22.7 Å². The van der Waals surface area contributed by atoms with Gasteiger partial charge in [0, 0.05) is 12.1 Å². The van der Waals surface area contributed by atoms with Crippen molar-refractivity contribution in [3.63, 3.8) is 0 Å².